The van der Waals surface area contributed by atoms with Gasteiger partial charge < -0.3 is 20.1 Å². The molecule has 7 nitrogen and oxygen atoms in total. The minimum absolute atomic E-state index is 0.0275. The molecule has 0 aliphatic carbocycles. The normalized spacial score (nSPS) is 21.0. The second-order valence-electron chi connectivity index (χ2n) is 4.46. The molecule has 1 saturated heterocycles. The summed E-state index contributed by atoms with van der Waals surface area (Å²) in [5.41, 5.74) is 0. The SMILES string of the molecule is CC(=O)O[C@H]1CN[C@H](C(=O)N(C)C)C1.O=C(O)C(F)(F)F. The van der Waals surface area contributed by atoms with Crippen LogP contribution in [0, 0.1) is 0 Å². The summed E-state index contributed by atoms with van der Waals surface area (Å²) in [5.74, 6) is -3.03. The third kappa shape index (κ3) is 7.49. The number of rotatable bonds is 2. The van der Waals surface area contributed by atoms with Gasteiger partial charge in [0.15, 0.2) is 0 Å². The summed E-state index contributed by atoms with van der Waals surface area (Å²) in [6, 6.07) is -0.214. The molecule has 122 valence electrons. The Hall–Kier alpha value is -1.84. The van der Waals surface area contributed by atoms with Crippen LogP contribution in [-0.2, 0) is 19.1 Å². The number of aliphatic carboxylic acids is 1. The maximum Gasteiger partial charge on any atom is 0.490 e. The highest BCUT2D eigenvalue weighted by molar-refractivity contribution is 5.81. The van der Waals surface area contributed by atoms with Crippen LogP contribution in [0.2, 0.25) is 0 Å². The van der Waals surface area contributed by atoms with Gasteiger partial charge in [-0.25, -0.2) is 4.79 Å². The molecule has 2 atom stereocenters. The van der Waals surface area contributed by atoms with Crippen molar-refractivity contribution in [3.05, 3.63) is 0 Å². The van der Waals surface area contributed by atoms with Crippen LogP contribution >= 0.6 is 0 Å². The van der Waals surface area contributed by atoms with Gasteiger partial charge in [0.1, 0.15) is 6.10 Å². The van der Waals surface area contributed by atoms with Crippen LogP contribution in [0.1, 0.15) is 13.3 Å². The Morgan fingerprint density at radius 1 is 1.29 bits per heavy atom. The van der Waals surface area contributed by atoms with E-state index in [4.69, 9.17) is 14.6 Å². The topological polar surface area (TPSA) is 95.9 Å². The molecule has 0 spiro atoms. The largest absolute Gasteiger partial charge is 0.490 e. The van der Waals surface area contributed by atoms with Crippen molar-refractivity contribution in [2.24, 2.45) is 0 Å². The quantitative estimate of drug-likeness (QED) is 0.697. The van der Waals surface area contributed by atoms with Crippen molar-refractivity contribution in [2.45, 2.75) is 31.7 Å². The number of carboxylic acid groups (broad SMARTS) is 1. The molecule has 1 fully saturated rings. The first-order valence-corrected chi connectivity index (χ1v) is 5.87. The lowest BCUT2D eigenvalue weighted by molar-refractivity contribution is -0.192. The van der Waals surface area contributed by atoms with Crippen molar-refractivity contribution in [1.82, 2.24) is 10.2 Å². The fourth-order valence-electron chi connectivity index (χ4n) is 1.53. The van der Waals surface area contributed by atoms with Gasteiger partial charge >= 0.3 is 18.1 Å². The lowest BCUT2D eigenvalue weighted by Crippen LogP contribution is -2.39. The number of carboxylic acids is 1. The number of nitrogens with one attached hydrogen (secondary N) is 1. The van der Waals surface area contributed by atoms with Gasteiger partial charge in [-0.3, -0.25) is 9.59 Å². The molecule has 0 unspecified atom stereocenters. The fourth-order valence-corrected chi connectivity index (χ4v) is 1.53. The highest BCUT2D eigenvalue weighted by Gasteiger charge is 2.38. The number of nitrogens with zero attached hydrogens (tertiary/aromatic N) is 1. The smallest absolute Gasteiger partial charge is 0.475 e. The van der Waals surface area contributed by atoms with E-state index in [0.29, 0.717) is 13.0 Å². The maximum atomic E-state index is 11.5. The average Bonchev–Trinajstić information content (AvgIpc) is 2.74. The first-order chi connectivity index (χ1) is 9.45. The van der Waals surface area contributed by atoms with Gasteiger partial charge in [-0.2, -0.15) is 13.2 Å². The summed E-state index contributed by atoms with van der Waals surface area (Å²) in [4.78, 5) is 32.6. The first kappa shape index (κ1) is 19.2. The van der Waals surface area contributed by atoms with Crippen LogP contribution in [0.15, 0.2) is 0 Å². The van der Waals surface area contributed by atoms with Crippen molar-refractivity contribution in [2.75, 3.05) is 20.6 Å². The Morgan fingerprint density at radius 2 is 1.76 bits per heavy atom. The number of hydrogen-bond donors (Lipinski definition) is 2. The Balaban J connectivity index is 0.000000486. The zero-order chi connectivity index (χ0) is 16.8. The molecule has 0 aromatic rings. The third-order valence-electron chi connectivity index (χ3n) is 2.40. The van der Waals surface area contributed by atoms with Crippen molar-refractivity contribution in [3.8, 4) is 0 Å². The molecular weight excluding hydrogens is 297 g/mol. The van der Waals surface area contributed by atoms with E-state index in [-0.39, 0.29) is 24.0 Å². The molecule has 1 aliphatic rings. The van der Waals surface area contributed by atoms with Gasteiger partial charge in [0.2, 0.25) is 5.91 Å². The van der Waals surface area contributed by atoms with Crippen molar-refractivity contribution >= 4 is 17.8 Å². The lowest BCUT2D eigenvalue weighted by Gasteiger charge is -2.15. The predicted octanol–water partition coefficient (Wildman–Crippen LogP) is 0.00150. The number of halogens is 3. The lowest BCUT2D eigenvalue weighted by atomic mass is 10.2. The average molecular weight is 314 g/mol. The fraction of sp³-hybridized carbons (Fsp3) is 0.727. The number of alkyl halides is 3. The Labute approximate surface area is 119 Å². The number of carbonyl (C=O) groups excluding carboxylic acids is 2. The van der Waals surface area contributed by atoms with E-state index < -0.39 is 12.1 Å². The summed E-state index contributed by atoms with van der Waals surface area (Å²) >= 11 is 0. The van der Waals surface area contributed by atoms with E-state index in [1.54, 1.807) is 14.1 Å². The van der Waals surface area contributed by atoms with Crippen LogP contribution in [-0.4, -0.2) is 66.8 Å². The minimum Gasteiger partial charge on any atom is -0.475 e. The molecule has 1 heterocycles. The molecule has 1 aliphatic heterocycles. The zero-order valence-electron chi connectivity index (χ0n) is 11.7. The second kappa shape index (κ2) is 7.81. The molecule has 0 saturated carbocycles. The monoisotopic (exact) mass is 314 g/mol. The Bertz CT molecular complexity index is 398. The van der Waals surface area contributed by atoms with Gasteiger partial charge in [-0.1, -0.05) is 0 Å². The molecule has 1 amide bonds. The van der Waals surface area contributed by atoms with Crippen LogP contribution in [0.4, 0.5) is 13.2 Å². The molecule has 21 heavy (non-hydrogen) atoms. The van der Waals surface area contributed by atoms with Gasteiger partial charge in [0, 0.05) is 34.0 Å². The number of carbonyl (C=O) groups is 3. The molecule has 0 radical (unpaired) electrons. The van der Waals surface area contributed by atoms with Gasteiger partial charge in [0.25, 0.3) is 0 Å². The number of hydrogen-bond acceptors (Lipinski definition) is 5. The van der Waals surface area contributed by atoms with Crippen LogP contribution < -0.4 is 5.32 Å². The second-order valence-corrected chi connectivity index (χ2v) is 4.46. The van der Waals surface area contributed by atoms with E-state index >= 15 is 0 Å². The number of ether oxygens (including phenoxy) is 1. The molecule has 2 N–H and O–H groups in total. The van der Waals surface area contributed by atoms with Gasteiger partial charge in [0.05, 0.1) is 6.04 Å². The highest BCUT2D eigenvalue weighted by atomic mass is 19.4. The summed E-state index contributed by atoms with van der Waals surface area (Å²) in [5, 5.41) is 10.1. The number of amides is 1. The third-order valence-corrected chi connectivity index (χ3v) is 2.40. The zero-order valence-corrected chi connectivity index (χ0v) is 11.7. The van der Waals surface area contributed by atoms with E-state index in [2.05, 4.69) is 5.32 Å². The molecule has 0 bridgehead atoms. The summed E-state index contributed by atoms with van der Waals surface area (Å²) in [6.07, 6.45) is -4.68. The Kier molecular flexibility index (Phi) is 7.13. The summed E-state index contributed by atoms with van der Waals surface area (Å²) in [6.45, 7) is 1.94. The van der Waals surface area contributed by atoms with E-state index in [9.17, 15) is 22.8 Å². The molecular formula is C11H17F3N2O5. The summed E-state index contributed by atoms with van der Waals surface area (Å²) < 4.78 is 36.7. The summed E-state index contributed by atoms with van der Waals surface area (Å²) in [7, 11) is 3.42. The first-order valence-electron chi connectivity index (χ1n) is 5.87. The van der Waals surface area contributed by atoms with Crippen LogP contribution in [0.25, 0.3) is 0 Å². The van der Waals surface area contributed by atoms with Gasteiger partial charge in [-0.05, 0) is 0 Å². The van der Waals surface area contributed by atoms with E-state index in [0.717, 1.165) is 0 Å². The highest BCUT2D eigenvalue weighted by Crippen LogP contribution is 2.13. The molecule has 0 aromatic heterocycles. The van der Waals surface area contributed by atoms with Crippen LogP contribution in [0.5, 0.6) is 0 Å². The molecule has 1 rings (SSSR count). The molecule has 10 heteroatoms. The Morgan fingerprint density at radius 3 is 2.10 bits per heavy atom. The number of likely N-dealkylation sites (N-methyl/N-ethyl adjacent to an activating group) is 1. The predicted molar refractivity (Wildman–Crippen MR) is 64.3 cm³/mol. The van der Waals surface area contributed by atoms with E-state index in [1.807, 2.05) is 0 Å². The van der Waals surface area contributed by atoms with Gasteiger partial charge in [-0.15, -0.1) is 0 Å². The molecule has 0 aromatic carbocycles. The minimum atomic E-state index is -5.08. The van der Waals surface area contributed by atoms with Crippen molar-refractivity contribution in [3.63, 3.8) is 0 Å². The van der Waals surface area contributed by atoms with Crippen LogP contribution in [0.3, 0.4) is 0 Å². The van der Waals surface area contributed by atoms with Crippen molar-refractivity contribution in [1.29, 1.82) is 0 Å². The van der Waals surface area contributed by atoms with Crippen molar-refractivity contribution < 1.29 is 37.4 Å². The number of esters is 1. The van der Waals surface area contributed by atoms with E-state index in [1.165, 1.54) is 11.8 Å². The standard InChI is InChI=1S/C9H16N2O3.C2HF3O2/c1-6(12)14-7-4-8(10-5-7)9(13)11(2)3;3-2(4,5)1(6)7/h7-8,10H,4-5H2,1-3H3;(H,6,7)/t7-,8+;/m1./s1. The maximum absolute atomic E-state index is 11.5.